The van der Waals surface area contributed by atoms with Crippen molar-refractivity contribution in [3.63, 3.8) is 0 Å². The van der Waals surface area contributed by atoms with Gasteiger partial charge in [-0.3, -0.25) is 4.79 Å². The second kappa shape index (κ2) is 10.5. The summed E-state index contributed by atoms with van der Waals surface area (Å²) in [5, 5.41) is 2.65. The largest absolute Gasteiger partial charge is 0.416 e. The molecule has 0 heterocycles. The third-order valence-electron chi connectivity index (χ3n) is 4.57. The summed E-state index contributed by atoms with van der Waals surface area (Å²) in [5.41, 5.74) is 1.33. The number of benzene rings is 2. The minimum atomic E-state index is -4.46. The first kappa shape index (κ1) is 23.0. The van der Waals surface area contributed by atoms with Gasteiger partial charge >= 0.3 is 6.18 Å². The number of hydrogen-bond acceptors (Lipinski definition) is 2. The number of alkyl halides is 3. The van der Waals surface area contributed by atoms with Crippen LogP contribution >= 0.6 is 11.6 Å². The van der Waals surface area contributed by atoms with Crippen LogP contribution in [0.3, 0.4) is 0 Å². The summed E-state index contributed by atoms with van der Waals surface area (Å²) in [6, 6.07) is 10.6. The number of halogens is 4. The quantitative estimate of drug-likeness (QED) is 0.535. The average Bonchev–Trinajstić information content (AvgIpc) is 2.68. The zero-order valence-corrected chi connectivity index (χ0v) is 17.1. The zero-order chi connectivity index (χ0) is 21.4. The second-order valence-corrected chi connectivity index (χ2v) is 6.94. The SMILES string of the molecule is CCN(CC)CCc1ccc(NC(=O)C=Cc2ccc(C(F)(F)F)cc2Cl)cc1. The van der Waals surface area contributed by atoms with Gasteiger partial charge in [0, 0.05) is 23.3 Å². The van der Waals surface area contributed by atoms with Crippen LogP contribution in [0.2, 0.25) is 5.02 Å². The van der Waals surface area contributed by atoms with E-state index in [1.165, 1.54) is 23.8 Å². The molecule has 0 radical (unpaired) electrons. The van der Waals surface area contributed by atoms with Crippen LogP contribution < -0.4 is 5.32 Å². The van der Waals surface area contributed by atoms with Crippen molar-refractivity contribution in [1.29, 1.82) is 0 Å². The standard InChI is InChI=1S/C22H24ClF3N2O/c1-3-28(4-2)14-13-16-5-10-19(11-6-16)27-21(29)12-8-17-7-9-18(15-20(17)23)22(24,25)26/h5-12,15H,3-4,13-14H2,1-2H3,(H,27,29). The lowest BCUT2D eigenvalue weighted by molar-refractivity contribution is -0.137. The van der Waals surface area contributed by atoms with Gasteiger partial charge in [0.1, 0.15) is 0 Å². The molecular weight excluding hydrogens is 401 g/mol. The average molecular weight is 425 g/mol. The number of hydrogen-bond donors (Lipinski definition) is 1. The summed E-state index contributed by atoms with van der Waals surface area (Å²) in [5.74, 6) is -0.392. The van der Waals surface area contributed by atoms with E-state index < -0.39 is 17.6 Å². The lowest BCUT2D eigenvalue weighted by Gasteiger charge is -2.17. The van der Waals surface area contributed by atoms with Crippen molar-refractivity contribution >= 4 is 29.3 Å². The number of amides is 1. The maximum atomic E-state index is 12.7. The number of likely N-dealkylation sites (N-methyl/N-ethyl adjacent to an activating group) is 1. The molecule has 0 saturated heterocycles. The zero-order valence-electron chi connectivity index (χ0n) is 16.4. The summed E-state index contributed by atoms with van der Waals surface area (Å²) in [6.07, 6.45) is -0.901. The molecule has 2 aromatic rings. The molecule has 7 heteroatoms. The maximum Gasteiger partial charge on any atom is 0.416 e. The van der Waals surface area contributed by atoms with E-state index in [0.717, 1.165) is 38.2 Å². The highest BCUT2D eigenvalue weighted by Crippen LogP contribution is 2.32. The predicted octanol–water partition coefficient (Wildman–Crippen LogP) is 5.90. The van der Waals surface area contributed by atoms with Crippen LogP contribution in [0.15, 0.2) is 48.5 Å². The Bertz CT molecular complexity index is 844. The molecule has 0 unspecified atom stereocenters. The maximum absolute atomic E-state index is 12.7. The highest BCUT2D eigenvalue weighted by atomic mass is 35.5. The van der Waals surface area contributed by atoms with Crippen molar-refractivity contribution in [3.8, 4) is 0 Å². The number of carbonyl (C=O) groups excluding carboxylic acids is 1. The number of rotatable bonds is 8. The van der Waals surface area contributed by atoms with Crippen LogP contribution in [-0.2, 0) is 17.4 Å². The summed E-state index contributed by atoms with van der Waals surface area (Å²) in [4.78, 5) is 14.4. The lowest BCUT2D eigenvalue weighted by Crippen LogP contribution is -2.25. The topological polar surface area (TPSA) is 32.3 Å². The number of carbonyl (C=O) groups is 1. The molecule has 0 bridgehead atoms. The molecule has 2 rings (SSSR count). The van der Waals surface area contributed by atoms with Crippen LogP contribution in [0.25, 0.3) is 6.08 Å². The van der Waals surface area contributed by atoms with Gasteiger partial charge in [-0.05, 0) is 61.0 Å². The van der Waals surface area contributed by atoms with Crippen molar-refractivity contribution in [2.45, 2.75) is 26.4 Å². The van der Waals surface area contributed by atoms with Gasteiger partial charge in [0.25, 0.3) is 0 Å². The van der Waals surface area contributed by atoms with Gasteiger partial charge in [-0.1, -0.05) is 43.6 Å². The normalized spacial score (nSPS) is 12.0. The number of nitrogens with one attached hydrogen (secondary N) is 1. The molecule has 0 aliphatic heterocycles. The van der Waals surface area contributed by atoms with E-state index in [9.17, 15) is 18.0 Å². The molecule has 0 aromatic heterocycles. The molecule has 156 valence electrons. The minimum Gasteiger partial charge on any atom is -0.323 e. The molecule has 0 fully saturated rings. The molecule has 29 heavy (non-hydrogen) atoms. The first-order chi connectivity index (χ1) is 13.7. The number of nitrogens with zero attached hydrogens (tertiary/aromatic N) is 1. The van der Waals surface area contributed by atoms with Gasteiger partial charge < -0.3 is 10.2 Å². The van der Waals surface area contributed by atoms with E-state index >= 15 is 0 Å². The fourth-order valence-corrected chi connectivity index (χ4v) is 3.01. The van der Waals surface area contributed by atoms with E-state index in [1.54, 1.807) is 0 Å². The van der Waals surface area contributed by atoms with E-state index in [-0.39, 0.29) is 5.02 Å². The Labute approximate surface area is 174 Å². The Morgan fingerprint density at radius 1 is 1.10 bits per heavy atom. The van der Waals surface area contributed by atoms with E-state index in [1.807, 2.05) is 24.3 Å². The van der Waals surface area contributed by atoms with Crippen molar-refractivity contribution < 1.29 is 18.0 Å². The van der Waals surface area contributed by atoms with Crippen LogP contribution in [0.5, 0.6) is 0 Å². The first-order valence-electron chi connectivity index (χ1n) is 9.40. The minimum absolute atomic E-state index is 0.0681. The summed E-state index contributed by atoms with van der Waals surface area (Å²) < 4.78 is 38.0. The van der Waals surface area contributed by atoms with Crippen LogP contribution in [0.4, 0.5) is 18.9 Å². The van der Waals surface area contributed by atoms with Gasteiger partial charge in [-0.2, -0.15) is 13.2 Å². The summed E-state index contributed by atoms with van der Waals surface area (Å²) in [6.45, 7) is 7.27. The van der Waals surface area contributed by atoms with Crippen molar-refractivity contribution in [1.82, 2.24) is 4.90 Å². The van der Waals surface area contributed by atoms with E-state index in [2.05, 4.69) is 24.1 Å². The monoisotopic (exact) mass is 424 g/mol. The third kappa shape index (κ3) is 7.22. The second-order valence-electron chi connectivity index (χ2n) is 6.53. The Kier molecular flexibility index (Phi) is 8.29. The van der Waals surface area contributed by atoms with E-state index in [4.69, 9.17) is 11.6 Å². The van der Waals surface area contributed by atoms with Crippen molar-refractivity contribution in [2.75, 3.05) is 25.0 Å². The summed E-state index contributed by atoms with van der Waals surface area (Å²) in [7, 11) is 0. The Hall–Kier alpha value is -2.31. The predicted molar refractivity (Wildman–Crippen MR) is 112 cm³/mol. The van der Waals surface area contributed by atoms with Gasteiger partial charge in [-0.15, -0.1) is 0 Å². The van der Waals surface area contributed by atoms with Crippen LogP contribution in [-0.4, -0.2) is 30.4 Å². The fourth-order valence-electron chi connectivity index (χ4n) is 2.77. The van der Waals surface area contributed by atoms with Gasteiger partial charge in [-0.25, -0.2) is 0 Å². The van der Waals surface area contributed by atoms with E-state index in [0.29, 0.717) is 11.3 Å². The fraction of sp³-hybridized carbons (Fsp3) is 0.318. The molecule has 0 aliphatic rings. The molecule has 0 atom stereocenters. The molecule has 0 spiro atoms. The number of anilines is 1. The molecule has 0 aliphatic carbocycles. The van der Waals surface area contributed by atoms with Crippen molar-refractivity contribution in [3.05, 3.63) is 70.3 Å². The van der Waals surface area contributed by atoms with Gasteiger partial charge in [0.2, 0.25) is 5.91 Å². The molecule has 0 saturated carbocycles. The molecule has 3 nitrogen and oxygen atoms in total. The van der Waals surface area contributed by atoms with Crippen molar-refractivity contribution in [2.24, 2.45) is 0 Å². The van der Waals surface area contributed by atoms with Crippen LogP contribution in [0, 0.1) is 0 Å². The van der Waals surface area contributed by atoms with Crippen LogP contribution in [0.1, 0.15) is 30.5 Å². The third-order valence-corrected chi connectivity index (χ3v) is 4.90. The van der Waals surface area contributed by atoms with Gasteiger partial charge in [0.05, 0.1) is 5.56 Å². The molecule has 1 amide bonds. The molecule has 1 N–H and O–H groups in total. The Morgan fingerprint density at radius 2 is 1.76 bits per heavy atom. The lowest BCUT2D eigenvalue weighted by atomic mass is 10.1. The first-order valence-corrected chi connectivity index (χ1v) is 9.77. The highest BCUT2D eigenvalue weighted by Gasteiger charge is 2.30. The molecule has 2 aromatic carbocycles. The highest BCUT2D eigenvalue weighted by molar-refractivity contribution is 6.32. The molecular formula is C22H24ClF3N2O. The Morgan fingerprint density at radius 3 is 2.31 bits per heavy atom. The summed E-state index contributed by atoms with van der Waals surface area (Å²) >= 11 is 5.88. The Balaban J connectivity index is 1.93. The smallest absolute Gasteiger partial charge is 0.323 e. The van der Waals surface area contributed by atoms with Gasteiger partial charge in [0.15, 0.2) is 0 Å².